The summed E-state index contributed by atoms with van der Waals surface area (Å²) < 4.78 is 1.70. The maximum Gasteiger partial charge on any atom is 0.323 e. The van der Waals surface area contributed by atoms with E-state index < -0.39 is 0 Å². The standard InChI is InChI=1S/C9H12N6OS/c1-14(4-7-3-11-15(2)5-7)9(16)12-8-13-10-6-17-8/h3,5-6H,4H2,1-2H3,(H,12,13,16). The number of nitrogens with one attached hydrogen (secondary N) is 1. The number of hydrogen-bond acceptors (Lipinski definition) is 5. The quantitative estimate of drug-likeness (QED) is 0.882. The normalized spacial score (nSPS) is 10.2. The van der Waals surface area contributed by atoms with Gasteiger partial charge >= 0.3 is 6.03 Å². The van der Waals surface area contributed by atoms with E-state index in [-0.39, 0.29) is 6.03 Å². The second kappa shape index (κ2) is 4.91. The lowest BCUT2D eigenvalue weighted by Gasteiger charge is -2.15. The van der Waals surface area contributed by atoms with Crippen LogP contribution >= 0.6 is 11.3 Å². The molecule has 0 spiro atoms. The monoisotopic (exact) mass is 252 g/mol. The molecule has 8 heteroatoms. The molecule has 0 aliphatic carbocycles. The third kappa shape index (κ3) is 3.00. The van der Waals surface area contributed by atoms with Gasteiger partial charge in [-0.3, -0.25) is 10.00 Å². The van der Waals surface area contributed by atoms with Gasteiger partial charge in [-0.25, -0.2) is 4.79 Å². The number of rotatable bonds is 3. The number of carbonyl (C=O) groups excluding carboxylic acids is 1. The van der Waals surface area contributed by atoms with Crippen molar-refractivity contribution in [2.24, 2.45) is 7.05 Å². The van der Waals surface area contributed by atoms with Crippen LogP contribution in [0.15, 0.2) is 17.9 Å². The summed E-state index contributed by atoms with van der Waals surface area (Å²) in [7, 11) is 3.55. The van der Waals surface area contributed by atoms with E-state index in [1.54, 1.807) is 28.3 Å². The lowest BCUT2D eigenvalue weighted by atomic mass is 10.3. The van der Waals surface area contributed by atoms with Crippen molar-refractivity contribution in [1.82, 2.24) is 24.9 Å². The van der Waals surface area contributed by atoms with Gasteiger partial charge in [-0.05, 0) is 0 Å². The molecule has 0 saturated heterocycles. The minimum absolute atomic E-state index is 0.217. The van der Waals surface area contributed by atoms with Crippen LogP contribution in [0.25, 0.3) is 0 Å². The number of amides is 2. The Morgan fingerprint density at radius 3 is 3.06 bits per heavy atom. The summed E-state index contributed by atoms with van der Waals surface area (Å²) in [5, 5.41) is 14.6. The SMILES string of the molecule is CN(Cc1cnn(C)c1)C(=O)Nc1nncs1. The Hall–Kier alpha value is -1.96. The second-order valence-corrected chi connectivity index (χ2v) is 4.39. The van der Waals surface area contributed by atoms with E-state index in [0.29, 0.717) is 11.7 Å². The molecule has 0 fully saturated rings. The number of carbonyl (C=O) groups is 1. The topological polar surface area (TPSA) is 75.9 Å². The molecule has 2 amide bonds. The first-order valence-electron chi connectivity index (χ1n) is 4.91. The summed E-state index contributed by atoms with van der Waals surface area (Å²) in [6.45, 7) is 0.498. The van der Waals surface area contributed by atoms with E-state index in [1.165, 1.54) is 11.3 Å². The summed E-state index contributed by atoms with van der Waals surface area (Å²) in [6, 6.07) is -0.217. The molecule has 2 aromatic heterocycles. The van der Waals surface area contributed by atoms with Crippen LogP contribution in [0.2, 0.25) is 0 Å². The molecule has 0 aliphatic rings. The predicted molar refractivity (Wildman–Crippen MR) is 63.6 cm³/mol. The largest absolute Gasteiger partial charge is 0.323 e. The maximum absolute atomic E-state index is 11.7. The van der Waals surface area contributed by atoms with Crippen LogP contribution in [0, 0.1) is 0 Å². The van der Waals surface area contributed by atoms with Crippen molar-refractivity contribution in [3.63, 3.8) is 0 Å². The molecule has 17 heavy (non-hydrogen) atoms. The van der Waals surface area contributed by atoms with Crippen LogP contribution in [0.1, 0.15) is 5.56 Å². The molecular formula is C9H12N6OS. The second-order valence-electron chi connectivity index (χ2n) is 3.55. The Morgan fingerprint density at radius 2 is 2.47 bits per heavy atom. The van der Waals surface area contributed by atoms with Crippen LogP contribution in [0.3, 0.4) is 0 Å². The van der Waals surface area contributed by atoms with Crippen LogP contribution < -0.4 is 5.32 Å². The summed E-state index contributed by atoms with van der Waals surface area (Å²) in [5.41, 5.74) is 2.54. The molecule has 2 aromatic rings. The zero-order chi connectivity index (χ0) is 12.3. The number of aryl methyl sites for hydroxylation is 1. The summed E-state index contributed by atoms with van der Waals surface area (Å²) in [5.74, 6) is 0. The molecule has 0 bridgehead atoms. The van der Waals surface area contributed by atoms with E-state index in [2.05, 4.69) is 20.6 Å². The molecule has 0 aliphatic heterocycles. The van der Waals surface area contributed by atoms with Crippen molar-refractivity contribution < 1.29 is 4.79 Å². The summed E-state index contributed by atoms with van der Waals surface area (Å²) >= 11 is 1.28. The van der Waals surface area contributed by atoms with E-state index in [0.717, 1.165) is 5.56 Å². The first-order chi connectivity index (χ1) is 8.15. The molecule has 0 radical (unpaired) electrons. The third-order valence-corrected chi connectivity index (χ3v) is 2.71. The minimum Gasteiger partial charge on any atom is -0.323 e. The average molecular weight is 252 g/mol. The van der Waals surface area contributed by atoms with E-state index >= 15 is 0 Å². The Kier molecular flexibility index (Phi) is 3.33. The molecule has 0 atom stereocenters. The number of urea groups is 1. The average Bonchev–Trinajstić information content (AvgIpc) is 2.90. The van der Waals surface area contributed by atoms with Crippen molar-refractivity contribution in [2.45, 2.75) is 6.54 Å². The van der Waals surface area contributed by atoms with Gasteiger partial charge in [0.2, 0.25) is 5.13 Å². The molecule has 1 N–H and O–H groups in total. The van der Waals surface area contributed by atoms with Gasteiger partial charge in [0.25, 0.3) is 0 Å². The van der Waals surface area contributed by atoms with Gasteiger partial charge < -0.3 is 4.90 Å². The van der Waals surface area contributed by atoms with Crippen LogP contribution in [0.4, 0.5) is 9.93 Å². The molecule has 2 rings (SSSR count). The van der Waals surface area contributed by atoms with Gasteiger partial charge in [0.05, 0.1) is 12.7 Å². The van der Waals surface area contributed by atoms with Crippen LogP contribution in [0.5, 0.6) is 0 Å². The van der Waals surface area contributed by atoms with Crippen LogP contribution in [-0.4, -0.2) is 38.0 Å². The molecular weight excluding hydrogens is 240 g/mol. The molecule has 0 aromatic carbocycles. The van der Waals surface area contributed by atoms with Crippen LogP contribution in [-0.2, 0) is 13.6 Å². The van der Waals surface area contributed by atoms with Gasteiger partial charge in [-0.15, -0.1) is 10.2 Å². The van der Waals surface area contributed by atoms with Crippen molar-refractivity contribution in [3.05, 3.63) is 23.5 Å². The Balaban J connectivity index is 1.91. The highest BCUT2D eigenvalue weighted by Gasteiger charge is 2.11. The van der Waals surface area contributed by atoms with Gasteiger partial charge in [0.1, 0.15) is 5.51 Å². The highest BCUT2D eigenvalue weighted by atomic mass is 32.1. The molecule has 7 nitrogen and oxygen atoms in total. The molecule has 90 valence electrons. The highest BCUT2D eigenvalue weighted by molar-refractivity contribution is 7.13. The summed E-state index contributed by atoms with van der Waals surface area (Å²) in [6.07, 6.45) is 3.60. The summed E-state index contributed by atoms with van der Waals surface area (Å²) in [4.78, 5) is 13.3. The highest BCUT2D eigenvalue weighted by Crippen LogP contribution is 2.09. The first-order valence-corrected chi connectivity index (χ1v) is 5.79. The number of anilines is 1. The first kappa shape index (κ1) is 11.5. The van der Waals surface area contributed by atoms with E-state index in [4.69, 9.17) is 0 Å². The Bertz CT molecular complexity index is 493. The van der Waals surface area contributed by atoms with Gasteiger partial charge in [0, 0.05) is 25.9 Å². The number of nitrogens with zero attached hydrogens (tertiary/aromatic N) is 5. The van der Waals surface area contributed by atoms with Gasteiger partial charge in [0.15, 0.2) is 0 Å². The molecule has 0 unspecified atom stereocenters. The lowest BCUT2D eigenvalue weighted by molar-refractivity contribution is 0.220. The Labute approximate surface area is 102 Å². The van der Waals surface area contributed by atoms with Crippen molar-refractivity contribution >= 4 is 22.5 Å². The third-order valence-electron chi connectivity index (χ3n) is 2.10. The molecule has 2 heterocycles. The fourth-order valence-electron chi connectivity index (χ4n) is 1.31. The Morgan fingerprint density at radius 1 is 1.65 bits per heavy atom. The zero-order valence-corrected chi connectivity index (χ0v) is 10.3. The van der Waals surface area contributed by atoms with Crippen molar-refractivity contribution in [3.8, 4) is 0 Å². The zero-order valence-electron chi connectivity index (χ0n) is 9.49. The van der Waals surface area contributed by atoms with Gasteiger partial charge in [-0.2, -0.15) is 5.10 Å². The van der Waals surface area contributed by atoms with E-state index in [9.17, 15) is 4.79 Å². The van der Waals surface area contributed by atoms with Crippen molar-refractivity contribution in [2.75, 3.05) is 12.4 Å². The lowest BCUT2D eigenvalue weighted by Crippen LogP contribution is -2.30. The van der Waals surface area contributed by atoms with Crippen molar-refractivity contribution in [1.29, 1.82) is 0 Å². The predicted octanol–water partition coefficient (Wildman–Crippen LogP) is 0.935. The maximum atomic E-state index is 11.7. The number of aromatic nitrogens is 4. The smallest absolute Gasteiger partial charge is 0.323 e. The van der Waals surface area contributed by atoms with Gasteiger partial charge in [-0.1, -0.05) is 11.3 Å². The number of hydrogen-bond donors (Lipinski definition) is 1. The van der Waals surface area contributed by atoms with E-state index in [1.807, 2.05) is 13.2 Å². The fourth-order valence-corrected chi connectivity index (χ4v) is 1.75. The molecule has 0 saturated carbocycles. The fraction of sp³-hybridized carbons (Fsp3) is 0.333. The minimum atomic E-state index is -0.217.